The molecule has 2 aromatic carbocycles. The number of carbonyl (C=O) groups is 3. The fourth-order valence-electron chi connectivity index (χ4n) is 5.05. The zero-order valence-electron chi connectivity index (χ0n) is 19.1. The molecule has 2 aliphatic carbocycles. The summed E-state index contributed by atoms with van der Waals surface area (Å²) in [7, 11) is 0. The summed E-state index contributed by atoms with van der Waals surface area (Å²) < 4.78 is 34.2. The number of carbonyl (C=O) groups excluding carboxylic acids is 2. The topological polar surface area (TPSA) is 105 Å². The van der Waals surface area contributed by atoms with E-state index in [2.05, 4.69) is 5.32 Å². The highest BCUT2D eigenvalue weighted by molar-refractivity contribution is 5.84. The van der Waals surface area contributed by atoms with E-state index in [1.54, 1.807) is 0 Å². The van der Waals surface area contributed by atoms with Gasteiger partial charge in [0.2, 0.25) is 0 Å². The van der Waals surface area contributed by atoms with Crippen molar-refractivity contribution in [2.45, 2.75) is 50.0 Å². The smallest absolute Gasteiger partial charge is 0.407 e. The number of hydrogen-bond acceptors (Lipinski definition) is 4. The molecule has 3 N–H and O–H groups in total. The molecule has 186 valence electrons. The van der Waals surface area contributed by atoms with Crippen LogP contribution in [0.25, 0.3) is 11.1 Å². The molecule has 0 bridgehead atoms. The minimum Gasteiger partial charge on any atom is -0.481 e. The molecule has 0 unspecified atom stereocenters. The predicted octanol–water partition coefficient (Wildman–Crippen LogP) is 4.31. The van der Waals surface area contributed by atoms with Crippen LogP contribution in [0.2, 0.25) is 0 Å². The van der Waals surface area contributed by atoms with E-state index in [1.165, 1.54) is 0 Å². The summed E-state index contributed by atoms with van der Waals surface area (Å²) in [5.41, 5.74) is 4.08. The molecule has 0 saturated heterocycles. The van der Waals surface area contributed by atoms with Gasteiger partial charge in [0.25, 0.3) is 5.91 Å². The van der Waals surface area contributed by atoms with Gasteiger partial charge in [-0.05, 0) is 41.0 Å². The number of amides is 2. The van der Waals surface area contributed by atoms with E-state index in [0.717, 1.165) is 35.1 Å². The van der Waals surface area contributed by atoms with Crippen molar-refractivity contribution in [3.8, 4) is 11.1 Å². The molecular formula is C26H28F2N2O5. The fourth-order valence-corrected chi connectivity index (χ4v) is 5.05. The van der Waals surface area contributed by atoms with E-state index in [4.69, 9.17) is 9.84 Å². The van der Waals surface area contributed by atoms with Gasteiger partial charge in [0.15, 0.2) is 0 Å². The molecule has 1 saturated carbocycles. The molecule has 9 heteroatoms. The van der Waals surface area contributed by atoms with Crippen LogP contribution in [0.5, 0.6) is 0 Å². The molecule has 0 heterocycles. The minimum atomic E-state index is -3.86. The number of halogens is 2. The summed E-state index contributed by atoms with van der Waals surface area (Å²) >= 11 is 0. The van der Waals surface area contributed by atoms with E-state index >= 15 is 0 Å². The van der Waals surface area contributed by atoms with Gasteiger partial charge in [-0.1, -0.05) is 61.4 Å². The normalized spacial score (nSPS) is 19.4. The Morgan fingerprint density at radius 3 is 2.20 bits per heavy atom. The summed E-state index contributed by atoms with van der Waals surface area (Å²) in [6.07, 6.45) is 1.30. The van der Waals surface area contributed by atoms with Crippen LogP contribution in [0.3, 0.4) is 0 Å². The standard InChI is InChI=1S/C26H28F2N2O5/c27-26(28,24(33)30-22-12-6-1-7-16(22)13-23(31)32)15-29-25(34)35-14-21-19-10-4-2-8-17(19)18-9-3-5-11-20(18)21/h2-5,8-11,16,21-22H,1,6-7,12-15H2,(H,29,34)(H,30,33)(H,31,32)/t16-,22-/m0/s1. The molecule has 2 aromatic rings. The van der Waals surface area contributed by atoms with Crippen LogP contribution >= 0.6 is 0 Å². The number of fused-ring (bicyclic) bond motifs is 3. The van der Waals surface area contributed by atoms with E-state index in [9.17, 15) is 23.2 Å². The monoisotopic (exact) mass is 486 g/mol. The molecule has 4 rings (SSSR count). The van der Waals surface area contributed by atoms with Crippen LogP contribution in [0, 0.1) is 5.92 Å². The quantitative estimate of drug-likeness (QED) is 0.516. The average Bonchev–Trinajstić information content (AvgIpc) is 3.16. The lowest BCUT2D eigenvalue weighted by molar-refractivity contribution is -0.147. The molecule has 0 aromatic heterocycles. The predicted molar refractivity (Wildman–Crippen MR) is 124 cm³/mol. The first-order valence-corrected chi connectivity index (χ1v) is 11.8. The number of nitrogens with one attached hydrogen (secondary N) is 2. The third-order valence-electron chi connectivity index (χ3n) is 6.79. The number of alkyl carbamates (subject to hydrolysis) is 1. The number of carboxylic acids is 1. The summed E-state index contributed by atoms with van der Waals surface area (Å²) in [5.74, 6) is -7.03. The number of hydrogen-bond donors (Lipinski definition) is 3. The van der Waals surface area contributed by atoms with Crippen LogP contribution in [0.1, 0.15) is 49.1 Å². The maximum atomic E-state index is 14.5. The summed E-state index contributed by atoms with van der Waals surface area (Å²) in [6, 6.07) is 14.9. The van der Waals surface area contributed by atoms with Gasteiger partial charge < -0.3 is 20.5 Å². The SMILES string of the molecule is O=C(O)C[C@@H]1CCCC[C@@H]1NC(=O)C(F)(F)CNC(=O)OCC1c2ccccc2-c2ccccc21. The second kappa shape index (κ2) is 10.4. The van der Waals surface area contributed by atoms with Crippen molar-refractivity contribution >= 4 is 18.0 Å². The molecule has 0 radical (unpaired) electrons. The van der Waals surface area contributed by atoms with Crippen molar-refractivity contribution in [3.05, 3.63) is 59.7 Å². The average molecular weight is 487 g/mol. The number of benzene rings is 2. The second-order valence-corrected chi connectivity index (χ2v) is 9.11. The lowest BCUT2D eigenvalue weighted by Gasteiger charge is -2.32. The van der Waals surface area contributed by atoms with Crippen LogP contribution < -0.4 is 10.6 Å². The van der Waals surface area contributed by atoms with Crippen molar-refractivity contribution in [1.82, 2.24) is 10.6 Å². The Kier molecular flexibility index (Phi) is 7.33. The third kappa shape index (κ3) is 5.61. The van der Waals surface area contributed by atoms with Gasteiger partial charge in [0, 0.05) is 12.0 Å². The van der Waals surface area contributed by atoms with E-state index in [0.29, 0.717) is 12.8 Å². The van der Waals surface area contributed by atoms with E-state index in [1.807, 2.05) is 53.8 Å². The van der Waals surface area contributed by atoms with Gasteiger partial charge in [-0.15, -0.1) is 0 Å². The van der Waals surface area contributed by atoms with Gasteiger partial charge in [-0.2, -0.15) is 8.78 Å². The maximum Gasteiger partial charge on any atom is 0.407 e. The first-order chi connectivity index (χ1) is 16.8. The molecule has 0 aliphatic heterocycles. The van der Waals surface area contributed by atoms with E-state index < -0.39 is 42.4 Å². The minimum absolute atomic E-state index is 0.0312. The highest BCUT2D eigenvalue weighted by atomic mass is 19.3. The number of alkyl halides is 2. The van der Waals surface area contributed by atoms with Gasteiger partial charge in [-0.3, -0.25) is 9.59 Å². The summed E-state index contributed by atoms with van der Waals surface area (Å²) in [6.45, 7) is -1.25. The Labute approximate surface area is 201 Å². The van der Waals surface area contributed by atoms with Crippen LogP contribution in [-0.2, 0) is 14.3 Å². The van der Waals surface area contributed by atoms with Crippen LogP contribution in [0.4, 0.5) is 13.6 Å². The molecule has 2 aliphatic rings. The van der Waals surface area contributed by atoms with Crippen LogP contribution in [0.15, 0.2) is 48.5 Å². The lowest BCUT2D eigenvalue weighted by atomic mass is 9.82. The highest BCUT2D eigenvalue weighted by Gasteiger charge is 2.42. The van der Waals surface area contributed by atoms with Crippen LogP contribution in [-0.4, -0.2) is 48.2 Å². The maximum absolute atomic E-state index is 14.5. The van der Waals surface area contributed by atoms with Gasteiger partial charge in [0.1, 0.15) is 6.61 Å². The van der Waals surface area contributed by atoms with Crippen molar-refractivity contribution < 1.29 is 33.0 Å². The largest absolute Gasteiger partial charge is 0.481 e. The summed E-state index contributed by atoms with van der Waals surface area (Å²) in [4.78, 5) is 35.5. The van der Waals surface area contributed by atoms with Gasteiger partial charge in [0.05, 0.1) is 13.0 Å². The lowest BCUT2D eigenvalue weighted by Crippen LogP contribution is -2.53. The molecular weight excluding hydrogens is 458 g/mol. The first-order valence-electron chi connectivity index (χ1n) is 11.8. The number of carboxylic acid groups (broad SMARTS) is 1. The molecule has 2 atom stereocenters. The second-order valence-electron chi connectivity index (χ2n) is 9.11. The van der Waals surface area contributed by atoms with Crippen molar-refractivity contribution in [1.29, 1.82) is 0 Å². The number of aliphatic carboxylic acids is 1. The summed E-state index contributed by atoms with van der Waals surface area (Å²) in [5, 5.41) is 13.3. The first kappa shape index (κ1) is 24.6. The fraction of sp³-hybridized carbons (Fsp3) is 0.423. The molecule has 2 amide bonds. The van der Waals surface area contributed by atoms with Gasteiger partial charge in [-0.25, -0.2) is 4.79 Å². The van der Waals surface area contributed by atoms with E-state index in [-0.39, 0.29) is 18.9 Å². The molecule has 7 nitrogen and oxygen atoms in total. The molecule has 0 spiro atoms. The Morgan fingerprint density at radius 2 is 1.57 bits per heavy atom. The number of rotatable bonds is 8. The van der Waals surface area contributed by atoms with Crippen molar-refractivity contribution in [3.63, 3.8) is 0 Å². The number of ether oxygens (including phenoxy) is 1. The third-order valence-corrected chi connectivity index (χ3v) is 6.79. The zero-order chi connectivity index (χ0) is 25.0. The zero-order valence-corrected chi connectivity index (χ0v) is 19.1. The Morgan fingerprint density at radius 1 is 0.971 bits per heavy atom. The molecule has 1 fully saturated rings. The van der Waals surface area contributed by atoms with Crippen molar-refractivity contribution in [2.75, 3.05) is 13.2 Å². The highest BCUT2D eigenvalue weighted by Crippen LogP contribution is 2.44. The van der Waals surface area contributed by atoms with Crippen molar-refractivity contribution in [2.24, 2.45) is 5.92 Å². The Balaban J connectivity index is 1.30. The van der Waals surface area contributed by atoms with Gasteiger partial charge >= 0.3 is 18.0 Å². The Hall–Kier alpha value is -3.49. The Bertz CT molecular complexity index is 1060. The molecule has 35 heavy (non-hydrogen) atoms.